The van der Waals surface area contributed by atoms with E-state index in [2.05, 4.69) is 33.7 Å². The van der Waals surface area contributed by atoms with Crippen molar-refractivity contribution in [1.82, 2.24) is 19.9 Å². The molecule has 0 aromatic carbocycles. The first-order chi connectivity index (χ1) is 8.33. The van der Waals surface area contributed by atoms with Crippen LogP contribution in [0.2, 0.25) is 0 Å². The van der Waals surface area contributed by atoms with Crippen LogP contribution in [0.5, 0.6) is 0 Å². The maximum Gasteiger partial charge on any atom is 0.0954 e. The molecule has 1 N–H and O–H groups in total. The Morgan fingerprint density at radius 1 is 1.29 bits per heavy atom. The highest BCUT2D eigenvalue weighted by atomic mass is 15.1. The molecule has 90 valence electrons. The van der Waals surface area contributed by atoms with E-state index in [4.69, 9.17) is 0 Å². The van der Waals surface area contributed by atoms with E-state index in [9.17, 15) is 0 Å². The van der Waals surface area contributed by atoms with Gasteiger partial charge < -0.3 is 9.88 Å². The summed E-state index contributed by atoms with van der Waals surface area (Å²) in [6.07, 6.45) is 7.46. The predicted octanol–water partition coefficient (Wildman–Crippen LogP) is 2.00. The van der Waals surface area contributed by atoms with E-state index in [0.717, 1.165) is 13.1 Å². The molecule has 0 aliphatic carbocycles. The number of rotatable bonds is 5. The normalized spacial score (nSPS) is 12.6. The molecule has 0 aliphatic heterocycles. The molecule has 0 aliphatic rings. The number of pyridine rings is 1. The van der Waals surface area contributed by atoms with Gasteiger partial charge in [-0.15, -0.1) is 0 Å². The SMILES string of the molecule is CCNCc1cncn1C(C)c1ccncc1. The van der Waals surface area contributed by atoms with Gasteiger partial charge >= 0.3 is 0 Å². The summed E-state index contributed by atoms with van der Waals surface area (Å²) in [5.41, 5.74) is 2.45. The van der Waals surface area contributed by atoms with Crippen molar-refractivity contribution < 1.29 is 0 Å². The molecule has 0 bridgehead atoms. The van der Waals surface area contributed by atoms with Gasteiger partial charge in [-0.3, -0.25) is 4.98 Å². The molecule has 2 heterocycles. The first kappa shape index (κ1) is 11.8. The highest BCUT2D eigenvalue weighted by molar-refractivity contribution is 5.17. The Morgan fingerprint density at radius 3 is 2.76 bits per heavy atom. The lowest BCUT2D eigenvalue weighted by atomic mass is 10.1. The van der Waals surface area contributed by atoms with E-state index < -0.39 is 0 Å². The molecule has 4 heteroatoms. The molecule has 0 fully saturated rings. The van der Waals surface area contributed by atoms with E-state index >= 15 is 0 Å². The molecule has 0 spiro atoms. The minimum atomic E-state index is 0.286. The van der Waals surface area contributed by atoms with E-state index in [-0.39, 0.29) is 6.04 Å². The third-order valence-electron chi connectivity index (χ3n) is 2.91. The van der Waals surface area contributed by atoms with E-state index in [0.29, 0.717) is 0 Å². The van der Waals surface area contributed by atoms with Crippen molar-refractivity contribution in [3.63, 3.8) is 0 Å². The number of hydrogen-bond acceptors (Lipinski definition) is 3. The molecule has 1 unspecified atom stereocenters. The topological polar surface area (TPSA) is 42.7 Å². The summed E-state index contributed by atoms with van der Waals surface area (Å²) in [5.74, 6) is 0. The summed E-state index contributed by atoms with van der Waals surface area (Å²) in [6, 6.07) is 4.37. The van der Waals surface area contributed by atoms with Gasteiger partial charge in [0.25, 0.3) is 0 Å². The monoisotopic (exact) mass is 230 g/mol. The fourth-order valence-corrected chi connectivity index (χ4v) is 1.87. The van der Waals surface area contributed by atoms with Gasteiger partial charge in [-0.1, -0.05) is 6.92 Å². The third-order valence-corrected chi connectivity index (χ3v) is 2.91. The van der Waals surface area contributed by atoms with Crippen molar-refractivity contribution in [2.75, 3.05) is 6.54 Å². The first-order valence-electron chi connectivity index (χ1n) is 5.94. The van der Waals surface area contributed by atoms with Crippen molar-refractivity contribution >= 4 is 0 Å². The van der Waals surface area contributed by atoms with Crippen molar-refractivity contribution in [3.8, 4) is 0 Å². The van der Waals surface area contributed by atoms with E-state index in [1.165, 1.54) is 11.3 Å². The summed E-state index contributed by atoms with van der Waals surface area (Å²) in [6.45, 7) is 6.10. The second-order valence-electron chi connectivity index (χ2n) is 4.03. The molecular weight excluding hydrogens is 212 g/mol. The van der Waals surface area contributed by atoms with Gasteiger partial charge in [-0.2, -0.15) is 0 Å². The van der Waals surface area contributed by atoms with Gasteiger partial charge in [-0.25, -0.2) is 4.98 Å². The third kappa shape index (κ3) is 2.71. The average molecular weight is 230 g/mol. The van der Waals surface area contributed by atoms with Gasteiger partial charge in [0.2, 0.25) is 0 Å². The largest absolute Gasteiger partial charge is 0.326 e. The van der Waals surface area contributed by atoms with Crippen LogP contribution in [0.25, 0.3) is 0 Å². The Bertz CT molecular complexity index is 449. The number of nitrogens with one attached hydrogen (secondary N) is 1. The second kappa shape index (κ2) is 5.59. The lowest BCUT2D eigenvalue weighted by Crippen LogP contribution is -2.17. The summed E-state index contributed by atoms with van der Waals surface area (Å²) in [4.78, 5) is 8.27. The van der Waals surface area contributed by atoms with Crippen LogP contribution in [0.15, 0.2) is 37.1 Å². The summed E-state index contributed by atoms with van der Waals surface area (Å²) < 4.78 is 2.19. The Kier molecular flexibility index (Phi) is 3.88. The Hall–Kier alpha value is -1.68. The zero-order valence-electron chi connectivity index (χ0n) is 10.3. The summed E-state index contributed by atoms with van der Waals surface area (Å²) in [5, 5.41) is 3.32. The van der Waals surface area contributed by atoms with Crippen LogP contribution < -0.4 is 5.32 Å². The number of nitrogens with zero attached hydrogens (tertiary/aromatic N) is 3. The first-order valence-corrected chi connectivity index (χ1v) is 5.94. The lowest BCUT2D eigenvalue weighted by Gasteiger charge is -2.17. The molecule has 2 rings (SSSR count). The standard InChI is InChI=1S/C13H18N4/c1-3-14-8-13-9-16-10-17(13)11(2)12-4-6-15-7-5-12/h4-7,9-11,14H,3,8H2,1-2H3. The van der Waals surface area contributed by atoms with E-state index in [1.807, 2.05) is 37.1 Å². The Morgan fingerprint density at radius 2 is 2.06 bits per heavy atom. The predicted molar refractivity (Wildman–Crippen MR) is 67.7 cm³/mol. The maximum absolute atomic E-state index is 4.23. The number of imidazole rings is 1. The van der Waals surface area contributed by atoms with Crippen LogP contribution in [0, 0.1) is 0 Å². The van der Waals surface area contributed by atoms with Crippen molar-refractivity contribution in [1.29, 1.82) is 0 Å². The molecule has 17 heavy (non-hydrogen) atoms. The summed E-state index contributed by atoms with van der Waals surface area (Å²) >= 11 is 0. The minimum Gasteiger partial charge on any atom is -0.326 e. The van der Waals surface area contributed by atoms with Gasteiger partial charge in [-0.05, 0) is 31.2 Å². The lowest BCUT2D eigenvalue weighted by molar-refractivity contribution is 0.582. The highest BCUT2D eigenvalue weighted by Crippen LogP contribution is 2.18. The minimum absolute atomic E-state index is 0.286. The van der Waals surface area contributed by atoms with Gasteiger partial charge in [0.1, 0.15) is 0 Å². The number of hydrogen-bond donors (Lipinski definition) is 1. The van der Waals surface area contributed by atoms with Crippen molar-refractivity contribution in [2.24, 2.45) is 0 Å². The van der Waals surface area contributed by atoms with Crippen LogP contribution in [0.1, 0.15) is 31.1 Å². The van der Waals surface area contributed by atoms with Crippen molar-refractivity contribution in [2.45, 2.75) is 26.4 Å². The zero-order valence-corrected chi connectivity index (χ0v) is 10.3. The van der Waals surface area contributed by atoms with Gasteiger partial charge in [0.05, 0.1) is 18.1 Å². The molecule has 2 aromatic heterocycles. The fraction of sp³-hybridized carbons (Fsp3) is 0.385. The summed E-state index contributed by atoms with van der Waals surface area (Å²) in [7, 11) is 0. The Balaban J connectivity index is 2.19. The van der Waals surface area contributed by atoms with Gasteiger partial charge in [0, 0.05) is 25.1 Å². The van der Waals surface area contributed by atoms with Crippen LogP contribution >= 0.6 is 0 Å². The highest BCUT2D eigenvalue weighted by Gasteiger charge is 2.10. The molecule has 4 nitrogen and oxygen atoms in total. The Labute approximate surface area is 102 Å². The quantitative estimate of drug-likeness (QED) is 0.854. The smallest absolute Gasteiger partial charge is 0.0954 e. The average Bonchev–Trinajstić information content (AvgIpc) is 2.84. The molecule has 0 radical (unpaired) electrons. The molecule has 2 aromatic rings. The molecule has 0 amide bonds. The molecule has 0 saturated heterocycles. The molecular formula is C13H18N4. The van der Waals surface area contributed by atoms with Crippen LogP contribution in [0.4, 0.5) is 0 Å². The van der Waals surface area contributed by atoms with Crippen LogP contribution in [0.3, 0.4) is 0 Å². The molecule has 1 atom stereocenters. The molecule has 0 saturated carbocycles. The second-order valence-corrected chi connectivity index (χ2v) is 4.03. The van der Waals surface area contributed by atoms with E-state index in [1.54, 1.807) is 0 Å². The van der Waals surface area contributed by atoms with Crippen molar-refractivity contribution in [3.05, 3.63) is 48.3 Å². The van der Waals surface area contributed by atoms with Gasteiger partial charge in [0.15, 0.2) is 0 Å². The van der Waals surface area contributed by atoms with Crippen LogP contribution in [-0.4, -0.2) is 21.1 Å². The number of aromatic nitrogens is 3. The zero-order chi connectivity index (χ0) is 12.1. The maximum atomic E-state index is 4.23. The van der Waals surface area contributed by atoms with Crippen LogP contribution in [-0.2, 0) is 6.54 Å². The fourth-order valence-electron chi connectivity index (χ4n) is 1.87.